The summed E-state index contributed by atoms with van der Waals surface area (Å²) in [6.07, 6.45) is 3.55. The fraction of sp³-hybridized carbons (Fsp3) is 0.538. The lowest BCUT2D eigenvalue weighted by Gasteiger charge is -2.22. The molecule has 2 rings (SSSR count). The maximum Gasteiger partial charge on any atom is 0.318 e. The van der Waals surface area contributed by atoms with Crippen molar-refractivity contribution in [3.8, 4) is 0 Å². The molecule has 0 aliphatic heterocycles. The van der Waals surface area contributed by atoms with Gasteiger partial charge in [-0.1, -0.05) is 6.92 Å². The quantitative estimate of drug-likeness (QED) is 0.820. The predicted molar refractivity (Wildman–Crippen MR) is 67.5 cm³/mol. The zero-order chi connectivity index (χ0) is 13.8. The highest BCUT2D eigenvalue weighted by atomic mass is 16.4. The lowest BCUT2D eigenvalue weighted by atomic mass is 10.2. The third kappa shape index (κ3) is 3.74. The molecule has 19 heavy (non-hydrogen) atoms. The highest BCUT2D eigenvalue weighted by Gasteiger charge is 2.33. The van der Waals surface area contributed by atoms with Gasteiger partial charge in [0.2, 0.25) is 0 Å². The van der Waals surface area contributed by atoms with E-state index < -0.39 is 11.9 Å². The Morgan fingerprint density at radius 1 is 1.58 bits per heavy atom. The second kappa shape index (κ2) is 5.77. The van der Waals surface area contributed by atoms with Gasteiger partial charge in [-0.25, -0.2) is 4.79 Å². The molecule has 1 aromatic heterocycles. The third-order valence-electron chi connectivity index (χ3n) is 3.14. The number of nitrogens with one attached hydrogen (secondary N) is 1. The topological polar surface area (TPSA) is 82.8 Å². The fourth-order valence-electron chi connectivity index (χ4n) is 1.75. The number of hydrogen-bond donors (Lipinski definition) is 2. The molecule has 0 saturated heterocycles. The second-order valence-electron chi connectivity index (χ2n) is 4.86. The number of aliphatic carboxylic acids is 1. The van der Waals surface area contributed by atoms with Crippen LogP contribution in [-0.2, 0) is 11.3 Å². The van der Waals surface area contributed by atoms with E-state index in [0.717, 1.165) is 18.6 Å². The van der Waals surface area contributed by atoms with Crippen molar-refractivity contribution in [2.45, 2.75) is 32.4 Å². The molecule has 1 heterocycles. The molecule has 6 heteroatoms. The minimum Gasteiger partial charge on any atom is -0.481 e. The Hall–Kier alpha value is -1.98. The number of urea groups is 1. The molecule has 1 fully saturated rings. The number of carbonyl (C=O) groups is 2. The lowest BCUT2D eigenvalue weighted by molar-refractivity contribution is -0.140. The van der Waals surface area contributed by atoms with Gasteiger partial charge in [0.15, 0.2) is 0 Å². The molecule has 1 saturated carbocycles. The number of amides is 2. The highest BCUT2D eigenvalue weighted by molar-refractivity contribution is 5.76. The van der Waals surface area contributed by atoms with Gasteiger partial charge >= 0.3 is 12.0 Å². The SMILES string of the molecule is CC(CNC(=O)N(Cc1ccco1)C1CC1)C(=O)O. The van der Waals surface area contributed by atoms with Crippen molar-refractivity contribution >= 4 is 12.0 Å². The van der Waals surface area contributed by atoms with Gasteiger partial charge in [-0.05, 0) is 25.0 Å². The highest BCUT2D eigenvalue weighted by Crippen LogP contribution is 2.28. The van der Waals surface area contributed by atoms with Crippen LogP contribution in [0.2, 0.25) is 0 Å². The van der Waals surface area contributed by atoms with Gasteiger partial charge in [0, 0.05) is 12.6 Å². The van der Waals surface area contributed by atoms with Crippen LogP contribution in [0.1, 0.15) is 25.5 Å². The number of carbonyl (C=O) groups excluding carboxylic acids is 1. The van der Waals surface area contributed by atoms with Crippen molar-refractivity contribution < 1.29 is 19.1 Å². The molecule has 0 radical (unpaired) electrons. The molecule has 0 spiro atoms. The normalized spacial score (nSPS) is 15.8. The van der Waals surface area contributed by atoms with Crippen LogP contribution in [0.15, 0.2) is 22.8 Å². The van der Waals surface area contributed by atoms with Crippen LogP contribution in [0.4, 0.5) is 4.79 Å². The summed E-state index contributed by atoms with van der Waals surface area (Å²) in [7, 11) is 0. The Morgan fingerprint density at radius 2 is 2.32 bits per heavy atom. The Bertz CT molecular complexity index is 440. The average molecular weight is 266 g/mol. The lowest BCUT2D eigenvalue weighted by Crippen LogP contribution is -2.43. The summed E-state index contributed by atoms with van der Waals surface area (Å²) in [6.45, 7) is 2.12. The Labute approximate surface area is 111 Å². The molecule has 6 nitrogen and oxygen atoms in total. The van der Waals surface area contributed by atoms with E-state index in [-0.39, 0.29) is 18.6 Å². The van der Waals surface area contributed by atoms with Gasteiger partial charge in [0.1, 0.15) is 5.76 Å². The van der Waals surface area contributed by atoms with Crippen molar-refractivity contribution in [2.75, 3.05) is 6.54 Å². The number of hydrogen-bond acceptors (Lipinski definition) is 3. The van der Waals surface area contributed by atoms with Crippen molar-refractivity contribution in [1.29, 1.82) is 0 Å². The first-order valence-electron chi connectivity index (χ1n) is 6.37. The van der Waals surface area contributed by atoms with Crippen LogP contribution in [0, 0.1) is 5.92 Å². The number of nitrogens with zero attached hydrogens (tertiary/aromatic N) is 1. The molecule has 1 aromatic rings. The van der Waals surface area contributed by atoms with Gasteiger partial charge in [-0.15, -0.1) is 0 Å². The molecule has 2 amide bonds. The summed E-state index contributed by atoms with van der Waals surface area (Å²) in [5.41, 5.74) is 0. The van der Waals surface area contributed by atoms with Crippen LogP contribution in [0.25, 0.3) is 0 Å². The minimum absolute atomic E-state index is 0.134. The van der Waals surface area contributed by atoms with Crippen LogP contribution in [-0.4, -0.2) is 34.6 Å². The summed E-state index contributed by atoms with van der Waals surface area (Å²) in [5.74, 6) is -0.772. The van der Waals surface area contributed by atoms with Gasteiger partial charge in [-0.3, -0.25) is 4.79 Å². The number of rotatable bonds is 6. The van der Waals surface area contributed by atoms with Crippen molar-refractivity contribution in [3.05, 3.63) is 24.2 Å². The first kappa shape index (κ1) is 13.5. The summed E-state index contributed by atoms with van der Waals surface area (Å²) in [6, 6.07) is 3.62. The second-order valence-corrected chi connectivity index (χ2v) is 4.86. The van der Waals surface area contributed by atoms with E-state index in [1.54, 1.807) is 24.2 Å². The minimum atomic E-state index is -0.913. The van der Waals surface area contributed by atoms with Gasteiger partial charge < -0.3 is 19.7 Å². The zero-order valence-corrected chi connectivity index (χ0v) is 10.8. The maximum absolute atomic E-state index is 12.1. The maximum atomic E-state index is 12.1. The zero-order valence-electron chi connectivity index (χ0n) is 10.8. The van der Waals surface area contributed by atoms with E-state index in [9.17, 15) is 9.59 Å². The van der Waals surface area contributed by atoms with E-state index >= 15 is 0 Å². The Kier molecular flexibility index (Phi) is 4.09. The van der Waals surface area contributed by atoms with E-state index in [2.05, 4.69) is 5.32 Å². The summed E-state index contributed by atoms with van der Waals surface area (Å²) in [5, 5.41) is 11.4. The standard InChI is InChI=1S/C13H18N2O4/c1-9(12(16)17)7-14-13(18)15(10-4-5-10)8-11-3-2-6-19-11/h2-3,6,9-10H,4-5,7-8H2,1H3,(H,14,18)(H,16,17). The van der Waals surface area contributed by atoms with Crippen molar-refractivity contribution in [2.24, 2.45) is 5.92 Å². The van der Waals surface area contributed by atoms with Gasteiger partial charge in [0.05, 0.1) is 18.7 Å². The fourth-order valence-corrected chi connectivity index (χ4v) is 1.75. The van der Waals surface area contributed by atoms with Crippen LogP contribution in [0.5, 0.6) is 0 Å². The predicted octanol–water partition coefficient (Wildman–Crippen LogP) is 1.67. The monoisotopic (exact) mass is 266 g/mol. The van der Waals surface area contributed by atoms with E-state index in [0.29, 0.717) is 6.54 Å². The first-order chi connectivity index (χ1) is 9.08. The molecule has 2 N–H and O–H groups in total. The van der Waals surface area contributed by atoms with Gasteiger partial charge in [0.25, 0.3) is 0 Å². The number of carboxylic acids is 1. The Morgan fingerprint density at radius 3 is 2.84 bits per heavy atom. The van der Waals surface area contributed by atoms with Crippen molar-refractivity contribution in [3.63, 3.8) is 0 Å². The number of carboxylic acid groups (broad SMARTS) is 1. The first-order valence-corrected chi connectivity index (χ1v) is 6.37. The molecule has 104 valence electrons. The molecule has 1 aliphatic rings. The van der Waals surface area contributed by atoms with E-state index in [4.69, 9.17) is 9.52 Å². The summed E-state index contributed by atoms with van der Waals surface area (Å²) >= 11 is 0. The molecule has 0 bridgehead atoms. The average Bonchev–Trinajstić information content (AvgIpc) is 3.09. The van der Waals surface area contributed by atoms with Crippen LogP contribution in [0.3, 0.4) is 0 Å². The Balaban J connectivity index is 1.88. The van der Waals surface area contributed by atoms with E-state index in [1.165, 1.54) is 0 Å². The molecule has 1 aliphatic carbocycles. The van der Waals surface area contributed by atoms with E-state index in [1.807, 2.05) is 6.07 Å². The molecule has 1 atom stereocenters. The van der Waals surface area contributed by atoms with Crippen molar-refractivity contribution in [1.82, 2.24) is 10.2 Å². The van der Waals surface area contributed by atoms with Crippen LogP contribution >= 0.6 is 0 Å². The molecule has 0 aromatic carbocycles. The summed E-state index contributed by atoms with van der Waals surface area (Å²) < 4.78 is 5.24. The molecule has 1 unspecified atom stereocenters. The third-order valence-corrected chi connectivity index (χ3v) is 3.14. The largest absolute Gasteiger partial charge is 0.481 e. The number of furan rings is 1. The smallest absolute Gasteiger partial charge is 0.318 e. The summed E-state index contributed by atoms with van der Waals surface area (Å²) in [4.78, 5) is 24.5. The molecular weight excluding hydrogens is 248 g/mol. The van der Waals surface area contributed by atoms with Crippen LogP contribution < -0.4 is 5.32 Å². The van der Waals surface area contributed by atoms with Gasteiger partial charge in [-0.2, -0.15) is 0 Å². The molecular formula is C13H18N2O4.